The van der Waals surface area contributed by atoms with E-state index in [1.165, 1.54) is 13.2 Å². The lowest BCUT2D eigenvalue weighted by Crippen LogP contribution is -2.46. The van der Waals surface area contributed by atoms with Gasteiger partial charge in [-0.05, 0) is 24.3 Å². The van der Waals surface area contributed by atoms with Crippen LogP contribution in [-0.4, -0.2) is 40.7 Å². The molecule has 0 saturated carbocycles. The largest absolute Gasteiger partial charge is 0.502 e. The van der Waals surface area contributed by atoms with Crippen molar-refractivity contribution >= 4 is 5.97 Å². The van der Waals surface area contributed by atoms with Crippen LogP contribution in [0.4, 0.5) is 0 Å². The molecule has 8 heteroatoms. The van der Waals surface area contributed by atoms with Gasteiger partial charge in [0.2, 0.25) is 11.2 Å². The number of pyridine rings is 1. The van der Waals surface area contributed by atoms with E-state index in [4.69, 9.17) is 9.15 Å². The first-order valence-electron chi connectivity index (χ1n) is 11.1. The molecule has 3 atom stereocenters. The van der Waals surface area contributed by atoms with Crippen LogP contribution in [0.1, 0.15) is 55.7 Å². The number of carbonyl (C=O) groups excluding carboxylic acids is 1. The molecule has 8 nitrogen and oxygen atoms in total. The van der Waals surface area contributed by atoms with E-state index in [0.29, 0.717) is 24.8 Å². The van der Waals surface area contributed by atoms with E-state index in [1.807, 2.05) is 30.5 Å². The Labute approximate surface area is 186 Å². The van der Waals surface area contributed by atoms with Crippen molar-refractivity contribution in [2.75, 3.05) is 20.2 Å². The average molecular weight is 443 g/mol. The van der Waals surface area contributed by atoms with Crippen LogP contribution in [0.5, 0.6) is 5.75 Å². The van der Waals surface area contributed by atoms with Gasteiger partial charge in [0.25, 0.3) is 5.56 Å². The maximum absolute atomic E-state index is 12.5. The van der Waals surface area contributed by atoms with E-state index in [2.05, 4.69) is 4.90 Å². The summed E-state index contributed by atoms with van der Waals surface area (Å²) in [6.45, 7) is 6.50. The van der Waals surface area contributed by atoms with E-state index < -0.39 is 23.1 Å². The quantitative estimate of drug-likeness (QED) is 0.686. The zero-order valence-electron chi connectivity index (χ0n) is 18.7. The minimum atomic E-state index is -0.508. The summed E-state index contributed by atoms with van der Waals surface area (Å²) in [5, 5.41) is 10.4. The lowest BCUT2D eigenvalue weighted by atomic mass is 9.83. The Morgan fingerprint density at radius 1 is 1.25 bits per heavy atom. The van der Waals surface area contributed by atoms with Crippen molar-refractivity contribution in [3.63, 3.8) is 0 Å². The van der Waals surface area contributed by atoms with Gasteiger partial charge >= 0.3 is 5.97 Å². The van der Waals surface area contributed by atoms with Gasteiger partial charge in [-0.3, -0.25) is 19.3 Å². The van der Waals surface area contributed by atoms with E-state index in [-0.39, 0.29) is 29.6 Å². The third kappa shape index (κ3) is 4.37. The van der Waals surface area contributed by atoms with Gasteiger partial charge in [-0.25, -0.2) is 0 Å². The predicted octanol–water partition coefficient (Wildman–Crippen LogP) is 2.43. The number of hydrogen-bond acceptors (Lipinski definition) is 7. The fraction of sp³-hybridized carbons (Fsp3) is 0.542. The number of aromatic nitrogens is 1. The van der Waals surface area contributed by atoms with Crippen LogP contribution in [0.3, 0.4) is 0 Å². The summed E-state index contributed by atoms with van der Waals surface area (Å²) < 4.78 is 12.7. The molecule has 0 radical (unpaired) electrons. The number of piperidine rings is 1. The number of hydrogen-bond donors (Lipinski definition) is 1. The molecular weight excluding hydrogens is 412 g/mol. The molecule has 2 aromatic rings. The number of likely N-dealkylation sites (tertiary alicyclic amines) is 1. The third-order valence-electron chi connectivity index (χ3n) is 6.69. The Kier molecular flexibility index (Phi) is 6.24. The van der Waals surface area contributed by atoms with Gasteiger partial charge in [0.05, 0.1) is 20.1 Å². The molecule has 32 heavy (non-hydrogen) atoms. The summed E-state index contributed by atoms with van der Waals surface area (Å²) >= 11 is 0. The second-order valence-electron chi connectivity index (χ2n) is 9.31. The number of ether oxygens (including phenoxy) is 1. The van der Waals surface area contributed by atoms with Crippen molar-refractivity contribution in [1.82, 2.24) is 9.47 Å². The van der Waals surface area contributed by atoms with Crippen molar-refractivity contribution in [1.29, 1.82) is 0 Å². The summed E-state index contributed by atoms with van der Waals surface area (Å²) in [5.74, 6) is -0.160. The van der Waals surface area contributed by atoms with Crippen LogP contribution in [0, 0.1) is 11.8 Å². The van der Waals surface area contributed by atoms with Crippen LogP contribution < -0.4 is 11.0 Å². The highest BCUT2D eigenvalue weighted by molar-refractivity contribution is 5.70. The van der Waals surface area contributed by atoms with Crippen LogP contribution in [0.15, 0.2) is 38.3 Å². The first-order chi connectivity index (χ1) is 15.3. The number of esters is 1. The number of fused-ring (bicyclic) bond motifs is 4. The van der Waals surface area contributed by atoms with Gasteiger partial charge in [0.15, 0.2) is 5.76 Å². The Morgan fingerprint density at radius 3 is 2.75 bits per heavy atom. The number of aromatic hydroxyl groups is 1. The van der Waals surface area contributed by atoms with Gasteiger partial charge in [-0.2, -0.15) is 0 Å². The lowest BCUT2D eigenvalue weighted by molar-refractivity contribution is -0.141. The minimum Gasteiger partial charge on any atom is -0.502 e. The first kappa shape index (κ1) is 22.3. The smallest absolute Gasteiger partial charge is 0.306 e. The van der Waals surface area contributed by atoms with Crippen molar-refractivity contribution in [2.45, 2.75) is 51.6 Å². The molecule has 2 aliphatic heterocycles. The molecule has 0 aliphatic carbocycles. The third-order valence-corrected chi connectivity index (χ3v) is 6.69. The number of nitrogens with zero attached hydrogens (tertiary/aromatic N) is 2. The van der Waals surface area contributed by atoms with Gasteiger partial charge < -0.3 is 18.8 Å². The molecule has 2 bridgehead atoms. The molecule has 172 valence electrons. The van der Waals surface area contributed by atoms with Crippen LogP contribution in [0.2, 0.25) is 0 Å². The number of methoxy groups -OCH3 is 1. The number of carbonyl (C=O) groups is 1. The normalized spacial score (nSPS) is 21.2. The van der Waals surface area contributed by atoms with Crippen LogP contribution in [-0.2, 0) is 22.6 Å². The van der Waals surface area contributed by atoms with Crippen LogP contribution >= 0.6 is 0 Å². The zero-order chi connectivity index (χ0) is 23.0. The van der Waals surface area contributed by atoms with E-state index in [0.717, 1.165) is 25.2 Å². The Bertz CT molecular complexity index is 1120. The van der Waals surface area contributed by atoms with Crippen molar-refractivity contribution < 1.29 is 19.1 Å². The average Bonchev–Trinajstić information content (AvgIpc) is 2.75. The Hall–Kier alpha value is -2.87. The summed E-state index contributed by atoms with van der Waals surface area (Å²) in [6, 6.07) is 6.77. The van der Waals surface area contributed by atoms with Crippen molar-refractivity contribution in [3.05, 3.63) is 62.1 Å². The second kappa shape index (κ2) is 8.94. The highest BCUT2D eigenvalue weighted by Gasteiger charge is 2.35. The minimum absolute atomic E-state index is 0.0213. The highest BCUT2D eigenvalue weighted by Crippen LogP contribution is 2.37. The molecule has 2 aliphatic rings. The molecule has 1 fully saturated rings. The second-order valence-corrected chi connectivity index (χ2v) is 9.31. The van der Waals surface area contributed by atoms with Gasteiger partial charge in [-0.15, -0.1) is 0 Å². The van der Waals surface area contributed by atoms with E-state index in [1.54, 1.807) is 6.07 Å². The fourth-order valence-electron chi connectivity index (χ4n) is 5.12. The molecule has 0 spiro atoms. The number of rotatable bonds is 6. The monoisotopic (exact) mass is 442 g/mol. The standard InChI is InChI=1S/C24H30N2O6/c1-14(2)18(9-22(29)31-3)24-23(30)20(27)8-17(32-24)13-25-10-15-7-16(12-25)19-5-4-6-21(28)26(19)11-15/h4-6,8,14-16,18,30H,7,9-13H2,1-3H3/t15-,16+,18+/m0/s1. The first-order valence-corrected chi connectivity index (χ1v) is 11.1. The molecule has 0 amide bonds. The van der Waals surface area contributed by atoms with Gasteiger partial charge in [-0.1, -0.05) is 19.9 Å². The molecule has 4 rings (SSSR count). The molecule has 0 unspecified atom stereocenters. The summed E-state index contributed by atoms with van der Waals surface area (Å²) in [5.41, 5.74) is 0.597. The maximum atomic E-state index is 12.5. The molecule has 0 aromatic carbocycles. The Balaban J connectivity index is 1.58. The summed E-state index contributed by atoms with van der Waals surface area (Å²) in [4.78, 5) is 38.9. The highest BCUT2D eigenvalue weighted by atomic mass is 16.5. The molecule has 2 aromatic heterocycles. The van der Waals surface area contributed by atoms with Crippen molar-refractivity contribution in [3.8, 4) is 5.75 Å². The summed E-state index contributed by atoms with van der Waals surface area (Å²) in [6.07, 6.45) is 1.06. The SMILES string of the molecule is COC(=O)C[C@@H](c1oc(CN2C[C@@H]3C[C@H](C2)c2cccc(=O)n2C3)cc(=O)c1O)C(C)C. The topological polar surface area (TPSA) is 102 Å². The zero-order valence-corrected chi connectivity index (χ0v) is 18.7. The molecular formula is C24H30N2O6. The molecule has 1 N–H and O–H groups in total. The van der Waals surface area contributed by atoms with E-state index in [9.17, 15) is 19.5 Å². The van der Waals surface area contributed by atoms with Gasteiger partial charge in [0, 0.05) is 49.3 Å². The van der Waals surface area contributed by atoms with E-state index >= 15 is 0 Å². The van der Waals surface area contributed by atoms with Crippen molar-refractivity contribution in [2.24, 2.45) is 11.8 Å². The fourth-order valence-corrected chi connectivity index (χ4v) is 5.12. The molecule has 4 heterocycles. The van der Waals surface area contributed by atoms with Crippen LogP contribution in [0.25, 0.3) is 0 Å². The summed E-state index contributed by atoms with van der Waals surface area (Å²) in [7, 11) is 1.31. The maximum Gasteiger partial charge on any atom is 0.306 e. The predicted molar refractivity (Wildman–Crippen MR) is 118 cm³/mol. The Morgan fingerprint density at radius 2 is 2.03 bits per heavy atom. The van der Waals surface area contributed by atoms with Gasteiger partial charge in [0.1, 0.15) is 5.76 Å². The lowest BCUT2D eigenvalue weighted by Gasteiger charge is -2.42. The molecule has 1 saturated heterocycles.